The van der Waals surface area contributed by atoms with Crippen molar-refractivity contribution in [2.45, 2.75) is 4.90 Å². The fraction of sp³-hybridized carbons (Fsp3) is 0. The first kappa shape index (κ1) is 14.9. The van der Waals surface area contributed by atoms with Crippen LogP contribution in [0.1, 0.15) is 10.4 Å². The molecule has 2 rings (SSSR count). The molecular weight excluding hydrogens is 306 g/mol. The summed E-state index contributed by atoms with van der Waals surface area (Å²) in [4.78, 5) is 13.8. The van der Waals surface area contributed by atoms with E-state index in [1.54, 1.807) is 0 Å². The third-order valence-electron chi connectivity index (χ3n) is 2.48. The molecule has 2 N–H and O–H groups in total. The van der Waals surface area contributed by atoms with E-state index in [2.05, 4.69) is 4.98 Å². The lowest BCUT2D eigenvalue weighted by atomic mass is 10.2. The number of aromatic nitrogens is 1. The van der Waals surface area contributed by atoms with Crippen molar-refractivity contribution < 1.29 is 27.1 Å². The van der Waals surface area contributed by atoms with Crippen LogP contribution in [0.4, 0.5) is 14.5 Å². The lowest BCUT2D eigenvalue weighted by molar-refractivity contribution is 0.0698. The molecule has 0 spiro atoms. The highest BCUT2D eigenvalue weighted by molar-refractivity contribution is 7.92. The van der Waals surface area contributed by atoms with E-state index >= 15 is 0 Å². The van der Waals surface area contributed by atoms with E-state index < -0.39 is 32.5 Å². The van der Waals surface area contributed by atoms with E-state index in [0.29, 0.717) is 6.07 Å². The lowest BCUT2D eigenvalue weighted by Crippen LogP contribution is -2.17. The largest absolute Gasteiger partial charge is 0.478 e. The first-order valence-corrected chi connectivity index (χ1v) is 6.95. The number of hydrogen-bond donors (Lipinski definition) is 2. The highest BCUT2D eigenvalue weighted by Crippen LogP contribution is 2.21. The molecule has 110 valence electrons. The van der Waals surface area contributed by atoms with Crippen molar-refractivity contribution in [2.75, 3.05) is 4.72 Å². The number of nitrogens with one attached hydrogen (secondary N) is 1. The summed E-state index contributed by atoms with van der Waals surface area (Å²) in [6.45, 7) is 0. The number of carbonyl (C=O) groups is 1. The molecule has 0 radical (unpaired) electrons. The van der Waals surface area contributed by atoms with Crippen molar-refractivity contribution >= 4 is 21.7 Å². The summed E-state index contributed by atoms with van der Waals surface area (Å²) in [5.74, 6) is -3.60. The minimum atomic E-state index is -4.41. The molecule has 9 heteroatoms. The zero-order valence-electron chi connectivity index (χ0n) is 10.2. The number of carboxylic acid groups (broad SMARTS) is 1. The van der Waals surface area contributed by atoms with Crippen molar-refractivity contribution in [2.24, 2.45) is 0 Å². The first-order chi connectivity index (χ1) is 9.81. The second-order valence-corrected chi connectivity index (χ2v) is 5.56. The number of pyridine rings is 1. The van der Waals surface area contributed by atoms with Crippen molar-refractivity contribution in [1.29, 1.82) is 0 Å². The van der Waals surface area contributed by atoms with Gasteiger partial charge < -0.3 is 5.11 Å². The molecule has 0 saturated heterocycles. The molecule has 21 heavy (non-hydrogen) atoms. The van der Waals surface area contributed by atoms with Crippen molar-refractivity contribution in [1.82, 2.24) is 4.98 Å². The maximum atomic E-state index is 13.5. The molecule has 0 aliphatic rings. The predicted molar refractivity (Wildman–Crippen MR) is 68.4 cm³/mol. The molecule has 0 atom stereocenters. The smallest absolute Gasteiger partial charge is 0.337 e. The van der Waals surface area contributed by atoms with Gasteiger partial charge in [-0.1, -0.05) is 0 Å². The summed E-state index contributed by atoms with van der Waals surface area (Å²) in [7, 11) is -4.41. The number of nitrogens with zero attached hydrogens (tertiary/aromatic N) is 1. The van der Waals surface area contributed by atoms with E-state index in [1.165, 1.54) is 6.20 Å². The Bertz CT molecular complexity index is 809. The third kappa shape index (κ3) is 3.14. The van der Waals surface area contributed by atoms with Crippen LogP contribution in [-0.4, -0.2) is 24.5 Å². The fourth-order valence-electron chi connectivity index (χ4n) is 1.56. The summed E-state index contributed by atoms with van der Waals surface area (Å²) < 4.78 is 52.2. The molecule has 0 unspecified atom stereocenters. The van der Waals surface area contributed by atoms with Gasteiger partial charge in [-0.25, -0.2) is 22.0 Å². The summed E-state index contributed by atoms with van der Waals surface area (Å²) in [6.07, 6.45) is 2.14. The van der Waals surface area contributed by atoms with E-state index in [4.69, 9.17) is 5.11 Å². The molecule has 1 aromatic carbocycles. The summed E-state index contributed by atoms with van der Waals surface area (Å²) in [5, 5.41) is 8.94. The molecule has 1 aromatic heterocycles. The van der Waals surface area contributed by atoms with Gasteiger partial charge in [0.1, 0.15) is 16.5 Å². The predicted octanol–water partition coefficient (Wildman–Crippen LogP) is 1.86. The van der Waals surface area contributed by atoms with Gasteiger partial charge in [0, 0.05) is 12.3 Å². The topological polar surface area (TPSA) is 96.4 Å². The van der Waals surface area contributed by atoms with Gasteiger partial charge >= 0.3 is 5.97 Å². The zero-order chi connectivity index (χ0) is 15.6. The van der Waals surface area contributed by atoms with Crippen LogP contribution in [0, 0.1) is 11.6 Å². The van der Waals surface area contributed by atoms with Crippen molar-refractivity contribution in [3.63, 3.8) is 0 Å². The van der Waals surface area contributed by atoms with Gasteiger partial charge in [0.05, 0.1) is 17.4 Å². The Kier molecular flexibility index (Phi) is 3.85. The van der Waals surface area contributed by atoms with Gasteiger partial charge in [-0.05, 0) is 18.2 Å². The number of carboxylic acids is 1. The molecule has 6 nitrogen and oxygen atoms in total. The second-order valence-electron chi connectivity index (χ2n) is 3.91. The number of anilines is 1. The molecule has 0 bridgehead atoms. The Morgan fingerprint density at radius 3 is 2.57 bits per heavy atom. The minimum absolute atomic E-state index is 0.325. The van der Waals surface area contributed by atoms with Crippen LogP contribution >= 0.6 is 0 Å². The van der Waals surface area contributed by atoms with Crippen LogP contribution in [-0.2, 0) is 10.0 Å². The molecule has 0 amide bonds. The molecule has 0 saturated carbocycles. The summed E-state index contributed by atoms with van der Waals surface area (Å²) in [6, 6.07) is 3.01. The number of benzene rings is 1. The Balaban J connectivity index is 2.45. The van der Waals surface area contributed by atoms with Crippen LogP contribution in [0.5, 0.6) is 0 Å². The normalized spacial score (nSPS) is 11.1. The number of aromatic carboxylic acids is 1. The average molecular weight is 314 g/mol. The van der Waals surface area contributed by atoms with Crippen LogP contribution in [0.3, 0.4) is 0 Å². The number of rotatable bonds is 4. The van der Waals surface area contributed by atoms with E-state index in [1.807, 2.05) is 4.72 Å². The Hall–Kier alpha value is -2.55. The second kappa shape index (κ2) is 5.44. The molecule has 1 heterocycles. The van der Waals surface area contributed by atoms with Gasteiger partial charge in [-0.2, -0.15) is 0 Å². The van der Waals surface area contributed by atoms with Gasteiger partial charge in [0.15, 0.2) is 0 Å². The van der Waals surface area contributed by atoms with Crippen LogP contribution in [0.25, 0.3) is 0 Å². The molecule has 0 fully saturated rings. The van der Waals surface area contributed by atoms with E-state index in [0.717, 1.165) is 24.4 Å². The molecular formula is C12H8F2N2O4S. The Morgan fingerprint density at radius 2 is 1.95 bits per heavy atom. The average Bonchev–Trinajstić information content (AvgIpc) is 2.37. The minimum Gasteiger partial charge on any atom is -0.478 e. The van der Waals surface area contributed by atoms with E-state index in [9.17, 15) is 22.0 Å². The van der Waals surface area contributed by atoms with Crippen LogP contribution < -0.4 is 4.72 Å². The monoisotopic (exact) mass is 314 g/mol. The lowest BCUT2D eigenvalue weighted by Gasteiger charge is -2.10. The molecule has 0 aliphatic heterocycles. The quantitative estimate of drug-likeness (QED) is 0.898. The SMILES string of the molecule is O=C(O)c1ccncc1NS(=O)(=O)c1ccc(F)cc1F. The van der Waals surface area contributed by atoms with Crippen LogP contribution in [0.15, 0.2) is 41.6 Å². The van der Waals surface area contributed by atoms with Crippen molar-refractivity contribution in [3.05, 3.63) is 53.9 Å². The van der Waals surface area contributed by atoms with Crippen LogP contribution in [0.2, 0.25) is 0 Å². The number of halogens is 2. The van der Waals surface area contributed by atoms with Gasteiger partial charge in [0.2, 0.25) is 0 Å². The van der Waals surface area contributed by atoms with E-state index in [-0.39, 0.29) is 11.3 Å². The van der Waals surface area contributed by atoms with Gasteiger partial charge in [0.25, 0.3) is 10.0 Å². The number of hydrogen-bond acceptors (Lipinski definition) is 4. The molecule has 2 aromatic rings. The summed E-state index contributed by atoms with van der Waals surface area (Å²) in [5.41, 5.74) is -0.676. The molecule has 0 aliphatic carbocycles. The van der Waals surface area contributed by atoms with Gasteiger partial charge in [-0.3, -0.25) is 9.71 Å². The number of sulfonamides is 1. The Morgan fingerprint density at radius 1 is 1.24 bits per heavy atom. The highest BCUT2D eigenvalue weighted by Gasteiger charge is 2.22. The third-order valence-corrected chi connectivity index (χ3v) is 3.88. The maximum absolute atomic E-state index is 13.5. The summed E-state index contributed by atoms with van der Waals surface area (Å²) >= 11 is 0. The standard InChI is InChI=1S/C12H8F2N2O4S/c13-7-1-2-11(9(14)5-7)21(19,20)16-10-6-15-4-3-8(10)12(17)18/h1-6,16H,(H,17,18). The van der Waals surface area contributed by atoms with Crippen molar-refractivity contribution in [3.8, 4) is 0 Å². The fourth-order valence-corrected chi connectivity index (χ4v) is 2.68. The highest BCUT2D eigenvalue weighted by atomic mass is 32.2. The zero-order valence-corrected chi connectivity index (χ0v) is 11.1. The van der Waals surface area contributed by atoms with Gasteiger partial charge in [-0.15, -0.1) is 0 Å². The Labute approximate surface area is 118 Å². The maximum Gasteiger partial charge on any atom is 0.337 e. The first-order valence-electron chi connectivity index (χ1n) is 5.46.